The highest BCUT2D eigenvalue weighted by molar-refractivity contribution is 7.89. The molecule has 2 heterocycles. The fourth-order valence-electron chi connectivity index (χ4n) is 2.91. The lowest BCUT2D eigenvalue weighted by molar-refractivity contribution is -0.125. The number of nitrogens with zero attached hydrogens (tertiary/aromatic N) is 2. The molecule has 1 N–H and O–H groups in total. The molecule has 0 atom stereocenters. The van der Waals surface area contributed by atoms with Gasteiger partial charge in [-0.25, -0.2) is 8.42 Å². The second-order valence-corrected chi connectivity index (χ2v) is 8.36. The van der Waals surface area contributed by atoms with E-state index in [9.17, 15) is 18.0 Å². The van der Waals surface area contributed by atoms with E-state index in [1.54, 1.807) is 29.2 Å². The number of hydrogen-bond donors (Lipinski definition) is 1. The van der Waals surface area contributed by atoms with Crippen LogP contribution in [0.15, 0.2) is 24.3 Å². The Morgan fingerprint density at radius 2 is 1.70 bits per heavy atom. The molecule has 0 aliphatic carbocycles. The molecule has 2 amide bonds. The first kappa shape index (κ1) is 19.7. The quantitative estimate of drug-likeness (QED) is 0.727. The minimum Gasteiger partial charge on any atom is -0.379 e. The summed E-state index contributed by atoms with van der Waals surface area (Å²) in [5, 5.41) is 2.68. The molecule has 0 saturated carbocycles. The van der Waals surface area contributed by atoms with Crippen LogP contribution in [0.25, 0.3) is 0 Å². The third-order valence-electron chi connectivity index (χ3n) is 4.40. The van der Waals surface area contributed by atoms with Crippen LogP contribution in [0.1, 0.15) is 6.42 Å². The van der Waals surface area contributed by atoms with Crippen LogP contribution in [0.2, 0.25) is 0 Å². The van der Waals surface area contributed by atoms with Gasteiger partial charge in [-0.15, -0.1) is 0 Å². The first-order chi connectivity index (χ1) is 13.0. The number of carbonyl (C=O) groups is 2. The summed E-state index contributed by atoms with van der Waals surface area (Å²) in [6.07, 6.45) is -0.122. The second kappa shape index (κ2) is 8.79. The SMILES string of the molecule is O=C(CCS(=O)(=O)N1CCOCC1)Nc1ccc(N2CCOCC2=O)cc1. The fraction of sp³-hybridized carbons (Fsp3) is 0.529. The van der Waals surface area contributed by atoms with Crippen molar-refractivity contribution in [2.24, 2.45) is 0 Å². The summed E-state index contributed by atoms with van der Waals surface area (Å²) in [7, 11) is -3.46. The molecular formula is C17H23N3O6S. The lowest BCUT2D eigenvalue weighted by Crippen LogP contribution is -2.42. The number of benzene rings is 1. The van der Waals surface area contributed by atoms with Crippen molar-refractivity contribution in [2.75, 3.05) is 62.0 Å². The minimum atomic E-state index is -3.46. The summed E-state index contributed by atoms with van der Waals surface area (Å²) >= 11 is 0. The number of hydrogen-bond acceptors (Lipinski definition) is 6. The predicted molar refractivity (Wildman–Crippen MR) is 99.0 cm³/mol. The fourth-order valence-corrected chi connectivity index (χ4v) is 4.32. The number of sulfonamides is 1. The van der Waals surface area contributed by atoms with Crippen LogP contribution in [0.5, 0.6) is 0 Å². The predicted octanol–water partition coefficient (Wildman–Crippen LogP) is 0.0404. The molecule has 2 saturated heterocycles. The van der Waals surface area contributed by atoms with Crippen molar-refractivity contribution in [3.8, 4) is 0 Å². The average Bonchev–Trinajstić information content (AvgIpc) is 2.68. The molecule has 0 unspecified atom stereocenters. The molecule has 9 nitrogen and oxygen atoms in total. The van der Waals surface area contributed by atoms with Gasteiger partial charge in [0.05, 0.1) is 25.6 Å². The van der Waals surface area contributed by atoms with Gasteiger partial charge >= 0.3 is 0 Å². The highest BCUT2D eigenvalue weighted by Crippen LogP contribution is 2.20. The van der Waals surface area contributed by atoms with Crippen LogP contribution in [0, 0.1) is 0 Å². The molecule has 2 fully saturated rings. The monoisotopic (exact) mass is 397 g/mol. The van der Waals surface area contributed by atoms with E-state index < -0.39 is 10.0 Å². The molecule has 1 aromatic carbocycles. The number of morpholine rings is 2. The topological polar surface area (TPSA) is 105 Å². The van der Waals surface area contributed by atoms with Gasteiger partial charge in [-0.3, -0.25) is 9.59 Å². The van der Waals surface area contributed by atoms with Gasteiger partial charge < -0.3 is 19.7 Å². The van der Waals surface area contributed by atoms with E-state index in [0.717, 1.165) is 5.69 Å². The maximum Gasteiger partial charge on any atom is 0.253 e. The standard InChI is InChI=1S/C17H23N3O6S/c21-16(5-12-27(23,24)19-6-9-25-10-7-19)18-14-1-3-15(4-2-14)20-8-11-26-13-17(20)22/h1-4H,5-13H2,(H,18,21). The molecule has 3 rings (SSSR count). The van der Waals surface area contributed by atoms with Gasteiger partial charge in [-0.1, -0.05) is 0 Å². The number of ether oxygens (including phenoxy) is 2. The number of carbonyl (C=O) groups excluding carboxylic acids is 2. The van der Waals surface area contributed by atoms with E-state index in [0.29, 0.717) is 45.1 Å². The number of anilines is 2. The molecule has 2 aliphatic rings. The van der Waals surface area contributed by atoms with E-state index in [1.807, 2.05) is 0 Å². The lowest BCUT2D eigenvalue weighted by Gasteiger charge is -2.27. The van der Waals surface area contributed by atoms with Crippen LogP contribution in [-0.4, -0.2) is 76.4 Å². The third-order valence-corrected chi connectivity index (χ3v) is 6.27. The normalized spacial score (nSPS) is 19.1. The zero-order valence-corrected chi connectivity index (χ0v) is 15.7. The van der Waals surface area contributed by atoms with E-state index in [1.165, 1.54) is 4.31 Å². The summed E-state index contributed by atoms with van der Waals surface area (Å²) in [6.45, 7) is 2.45. The van der Waals surface area contributed by atoms with Crippen molar-refractivity contribution in [1.29, 1.82) is 0 Å². The van der Waals surface area contributed by atoms with E-state index in [2.05, 4.69) is 5.32 Å². The van der Waals surface area contributed by atoms with Crippen molar-refractivity contribution in [3.63, 3.8) is 0 Å². The highest BCUT2D eigenvalue weighted by atomic mass is 32.2. The Bertz CT molecular complexity index is 774. The number of nitrogens with one attached hydrogen (secondary N) is 1. The van der Waals surface area contributed by atoms with E-state index >= 15 is 0 Å². The van der Waals surface area contributed by atoms with Crippen molar-refractivity contribution < 1.29 is 27.5 Å². The Hall–Kier alpha value is -2.01. The van der Waals surface area contributed by atoms with Gasteiger partial charge in [0.25, 0.3) is 5.91 Å². The van der Waals surface area contributed by atoms with Gasteiger partial charge in [-0.05, 0) is 24.3 Å². The van der Waals surface area contributed by atoms with Gasteiger partial charge in [0, 0.05) is 37.4 Å². The summed E-state index contributed by atoms with van der Waals surface area (Å²) in [6, 6.07) is 6.85. The van der Waals surface area contributed by atoms with Crippen LogP contribution < -0.4 is 10.2 Å². The van der Waals surface area contributed by atoms with E-state index in [-0.39, 0.29) is 30.6 Å². The molecule has 0 spiro atoms. The van der Waals surface area contributed by atoms with Crippen molar-refractivity contribution in [3.05, 3.63) is 24.3 Å². The first-order valence-corrected chi connectivity index (χ1v) is 10.4. The molecule has 0 radical (unpaired) electrons. The molecule has 27 heavy (non-hydrogen) atoms. The lowest BCUT2D eigenvalue weighted by atomic mass is 10.2. The molecule has 2 aliphatic heterocycles. The molecule has 10 heteroatoms. The van der Waals surface area contributed by atoms with Crippen LogP contribution in [-0.2, 0) is 29.1 Å². The minimum absolute atomic E-state index is 0.0656. The molecular weight excluding hydrogens is 374 g/mol. The third kappa shape index (κ3) is 5.25. The smallest absolute Gasteiger partial charge is 0.253 e. The Morgan fingerprint density at radius 1 is 1.04 bits per heavy atom. The van der Waals surface area contributed by atoms with Gasteiger partial charge in [0.2, 0.25) is 15.9 Å². The van der Waals surface area contributed by atoms with Gasteiger partial charge in [-0.2, -0.15) is 4.31 Å². The second-order valence-electron chi connectivity index (χ2n) is 6.27. The Kier molecular flexibility index (Phi) is 6.42. The van der Waals surface area contributed by atoms with Gasteiger partial charge in [0.1, 0.15) is 6.61 Å². The zero-order chi connectivity index (χ0) is 19.3. The van der Waals surface area contributed by atoms with Crippen LogP contribution in [0.4, 0.5) is 11.4 Å². The van der Waals surface area contributed by atoms with Crippen LogP contribution >= 0.6 is 0 Å². The van der Waals surface area contributed by atoms with Crippen LogP contribution in [0.3, 0.4) is 0 Å². The van der Waals surface area contributed by atoms with E-state index in [4.69, 9.17) is 9.47 Å². The summed E-state index contributed by atoms with van der Waals surface area (Å²) in [5.41, 5.74) is 1.28. The summed E-state index contributed by atoms with van der Waals surface area (Å²) < 4.78 is 36.1. The summed E-state index contributed by atoms with van der Waals surface area (Å²) in [5.74, 6) is -0.715. The number of amides is 2. The first-order valence-electron chi connectivity index (χ1n) is 8.79. The largest absolute Gasteiger partial charge is 0.379 e. The maximum absolute atomic E-state index is 12.2. The molecule has 0 aromatic heterocycles. The summed E-state index contributed by atoms with van der Waals surface area (Å²) in [4.78, 5) is 25.5. The van der Waals surface area contributed by atoms with Crippen molar-refractivity contribution >= 4 is 33.2 Å². The number of rotatable bonds is 6. The van der Waals surface area contributed by atoms with Gasteiger partial charge in [0.15, 0.2) is 0 Å². The van der Waals surface area contributed by atoms with Crippen molar-refractivity contribution in [1.82, 2.24) is 4.31 Å². The Balaban J connectivity index is 1.51. The maximum atomic E-state index is 12.2. The Morgan fingerprint density at radius 3 is 2.37 bits per heavy atom. The van der Waals surface area contributed by atoms with Crippen molar-refractivity contribution in [2.45, 2.75) is 6.42 Å². The molecule has 0 bridgehead atoms. The molecule has 148 valence electrons. The Labute approximate surface area is 158 Å². The molecule has 1 aromatic rings. The highest BCUT2D eigenvalue weighted by Gasteiger charge is 2.25. The zero-order valence-electron chi connectivity index (χ0n) is 14.9. The average molecular weight is 397 g/mol.